The van der Waals surface area contributed by atoms with Crippen LogP contribution in [0.4, 0.5) is 0 Å². The lowest BCUT2D eigenvalue weighted by atomic mass is 9.85. The highest BCUT2D eigenvalue weighted by atomic mass is 32.1. The quantitative estimate of drug-likeness (QED) is 0.551. The van der Waals surface area contributed by atoms with Gasteiger partial charge in [-0.15, -0.1) is 0 Å². The molecule has 90 valence electrons. The van der Waals surface area contributed by atoms with E-state index < -0.39 is 0 Å². The second-order valence-electron chi connectivity index (χ2n) is 5.21. The van der Waals surface area contributed by atoms with Gasteiger partial charge < -0.3 is 5.32 Å². The van der Waals surface area contributed by atoms with Crippen LogP contribution in [-0.2, 0) is 0 Å². The molecule has 1 aliphatic rings. The highest BCUT2D eigenvalue weighted by Gasteiger charge is 2.21. The molecule has 0 aliphatic heterocycles. The summed E-state index contributed by atoms with van der Waals surface area (Å²) in [5.74, 6) is 0. The van der Waals surface area contributed by atoms with E-state index in [-0.39, 0.29) is 10.2 Å². The Labute approximate surface area is 105 Å². The van der Waals surface area contributed by atoms with Gasteiger partial charge >= 0.3 is 0 Å². The van der Waals surface area contributed by atoms with Crippen LogP contribution in [0.5, 0.6) is 0 Å². The van der Waals surface area contributed by atoms with Gasteiger partial charge in [-0.3, -0.25) is 0 Å². The molecule has 1 N–H and O–H groups in total. The van der Waals surface area contributed by atoms with Gasteiger partial charge in [-0.25, -0.2) is 0 Å². The maximum absolute atomic E-state index is 4.67. The predicted octanol–water partition coefficient (Wildman–Crippen LogP) is 3.71. The van der Waals surface area contributed by atoms with Gasteiger partial charge in [0.15, 0.2) is 0 Å². The third-order valence-electron chi connectivity index (χ3n) is 2.83. The summed E-state index contributed by atoms with van der Waals surface area (Å²) in [6.45, 7) is 8.75. The van der Waals surface area contributed by atoms with E-state index >= 15 is 0 Å². The third-order valence-corrected chi connectivity index (χ3v) is 3.11. The number of thiol groups is 1. The first-order valence-electron chi connectivity index (χ1n) is 5.85. The molecule has 0 spiro atoms. The summed E-state index contributed by atoms with van der Waals surface area (Å²) in [5, 5.41) is 3.28. The maximum Gasteiger partial charge on any atom is 0.0483 e. The fourth-order valence-corrected chi connectivity index (χ4v) is 2.12. The summed E-state index contributed by atoms with van der Waals surface area (Å²) in [6, 6.07) is 0. The van der Waals surface area contributed by atoms with E-state index in [0.29, 0.717) is 0 Å². The molecule has 0 aromatic carbocycles. The SMILES string of the molecule is CCC1=C/C(C)(C)/C=C\C(C)(S)/C=C\1NC. The van der Waals surface area contributed by atoms with Crippen molar-refractivity contribution in [2.75, 3.05) is 7.05 Å². The Hall–Kier alpha value is -0.630. The average Bonchev–Trinajstić information content (AvgIpc) is 2.19. The molecule has 0 saturated heterocycles. The Bertz CT molecular complexity index is 312. The summed E-state index contributed by atoms with van der Waals surface area (Å²) in [4.78, 5) is 0. The molecule has 0 radical (unpaired) electrons. The van der Waals surface area contributed by atoms with Crippen molar-refractivity contribution in [1.29, 1.82) is 0 Å². The van der Waals surface area contributed by atoms with Gasteiger partial charge in [-0.1, -0.05) is 39.0 Å². The average molecular weight is 237 g/mol. The van der Waals surface area contributed by atoms with Gasteiger partial charge in [0, 0.05) is 22.9 Å². The Morgan fingerprint density at radius 3 is 2.31 bits per heavy atom. The number of rotatable bonds is 2. The molecule has 16 heavy (non-hydrogen) atoms. The topological polar surface area (TPSA) is 12.0 Å². The number of likely N-dealkylation sites (N-methyl/N-ethyl adjacent to an activating group) is 1. The van der Waals surface area contributed by atoms with E-state index in [4.69, 9.17) is 0 Å². The van der Waals surface area contributed by atoms with E-state index in [2.05, 4.69) is 69.9 Å². The van der Waals surface area contributed by atoms with E-state index in [9.17, 15) is 0 Å². The van der Waals surface area contributed by atoms with Crippen LogP contribution in [0.25, 0.3) is 0 Å². The highest BCUT2D eigenvalue weighted by Crippen LogP contribution is 2.32. The van der Waals surface area contributed by atoms with Crippen LogP contribution >= 0.6 is 12.6 Å². The molecule has 1 unspecified atom stereocenters. The summed E-state index contributed by atoms with van der Waals surface area (Å²) in [6.07, 6.45) is 9.94. The van der Waals surface area contributed by atoms with Crippen LogP contribution in [0.1, 0.15) is 34.1 Å². The summed E-state index contributed by atoms with van der Waals surface area (Å²) < 4.78 is -0.190. The Morgan fingerprint density at radius 2 is 1.81 bits per heavy atom. The summed E-state index contributed by atoms with van der Waals surface area (Å²) >= 11 is 4.67. The van der Waals surface area contributed by atoms with Crippen LogP contribution in [0, 0.1) is 5.41 Å². The second kappa shape index (κ2) is 4.70. The lowest BCUT2D eigenvalue weighted by Crippen LogP contribution is -2.20. The number of allylic oxidation sites excluding steroid dienone is 3. The van der Waals surface area contributed by atoms with Crippen molar-refractivity contribution in [1.82, 2.24) is 5.32 Å². The second-order valence-corrected chi connectivity index (χ2v) is 6.18. The lowest BCUT2D eigenvalue weighted by Gasteiger charge is -2.26. The van der Waals surface area contributed by atoms with Gasteiger partial charge in [-0.05, 0) is 25.0 Å². The van der Waals surface area contributed by atoms with Crippen molar-refractivity contribution in [2.45, 2.75) is 38.9 Å². The molecule has 0 amide bonds. The molecule has 1 atom stereocenters. The first-order chi connectivity index (χ1) is 7.29. The molecule has 0 saturated carbocycles. The van der Waals surface area contributed by atoms with Gasteiger partial charge in [0.2, 0.25) is 0 Å². The largest absolute Gasteiger partial charge is 0.388 e. The zero-order valence-electron chi connectivity index (χ0n) is 11.0. The van der Waals surface area contributed by atoms with Crippen molar-refractivity contribution < 1.29 is 0 Å². The van der Waals surface area contributed by atoms with Crippen molar-refractivity contribution >= 4 is 12.6 Å². The number of hydrogen-bond donors (Lipinski definition) is 2. The highest BCUT2D eigenvalue weighted by molar-refractivity contribution is 7.82. The van der Waals surface area contributed by atoms with Gasteiger partial charge in [0.1, 0.15) is 0 Å². The Kier molecular flexibility index (Phi) is 3.95. The van der Waals surface area contributed by atoms with E-state index in [1.54, 1.807) is 0 Å². The molecule has 1 rings (SSSR count). The zero-order chi connectivity index (χ0) is 12.4. The molecule has 0 heterocycles. The molecule has 1 nitrogen and oxygen atoms in total. The lowest BCUT2D eigenvalue weighted by molar-refractivity contribution is 0.610. The van der Waals surface area contributed by atoms with Crippen LogP contribution in [0.2, 0.25) is 0 Å². The Balaban J connectivity index is 3.30. The molecule has 0 bridgehead atoms. The number of nitrogens with one attached hydrogen (secondary N) is 1. The monoisotopic (exact) mass is 237 g/mol. The normalized spacial score (nSPS) is 37.4. The van der Waals surface area contributed by atoms with Gasteiger partial charge in [-0.2, -0.15) is 12.6 Å². The van der Waals surface area contributed by atoms with Crippen molar-refractivity contribution in [2.24, 2.45) is 5.41 Å². The van der Waals surface area contributed by atoms with Crippen molar-refractivity contribution in [3.63, 3.8) is 0 Å². The molecule has 2 heteroatoms. The van der Waals surface area contributed by atoms with Crippen molar-refractivity contribution in [3.05, 3.63) is 35.6 Å². The smallest absolute Gasteiger partial charge is 0.0483 e. The molecule has 0 aromatic rings. The molecular weight excluding hydrogens is 214 g/mol. The standard InChI is InChI=1S/C14H23NS/c1-6-11-9-13(2,3)7-8-14(4,16)10-12(11)15-5/h7-10,15-16H,6H2,1-5H3/b8-7-,11-9-,12-10+. The van der Waals surface area contributed by atoms with Crippen LogP contribution in [0.3, 0.4) is 0 Å². The van der Waals surface area contributed by atoms with Crippen LogP contribution in [0.15, 0.2) is 35.6 Å². The van der Waals surface area contributed by atoms with E-state index in [1.165, 1.54) is 11.3 Å². The minimum Gasteiger partial charge on any atom is -0.388 e. The molecule has 0 fully saturated rings. The summed E-state index contributed by atoms with van der Waals surface area (Å²) in [5.41, 5.74) is 2.64. The summed E-state index contributed by atoms with van der Waals surface area (Å²) in [7, 11) is 1.97. The minimum atomic E-state index is -0.190. The van der Waals surface area contributed by atoms with Crippen LogP contribution < -0.4 is 5.32 Å². The predicted molar refractivity (Wildman–Crippen MR) is 75.8 cm³/mol. The first kappa shape index (κ1) is 13.4. The first-order valence-corrected chi connectivity index (χ1v) is 6.30. The molecular formula is C14H23NS. The maximum atomic E-state index is 4.67. The fourth-order valence-electron chi connectivity index (χ4n) is 1.92. The van der Waals surface area contributed by atoms with Crippen LogP contribution in [-0.4, -0.2) is 11.8 Å². The Morgan fingerprint density at radius 1 is 1.19 bits per heavy atom. The zero-order valence-corrected chi connectivity index (χ0v) is 11.9. The van der Waals surface area contributed by atoms with E-state index in [0.717, 1.165) is 6.42 Å². The third kappa shape index (κ3) is 3.44. The van der Waals surface area contributed by atoms with E-state index in [1.807, 2.05) is 7.05 Å². The molecule has 1 aliphatic carbocycles. The van der Waals surface area contributed by atoms with Gasteiger partial charge in [0.25, 0.3) is 0 Å². The van der Waals surface area contributed by atoms with Gasteiger partial charge in [0.05, 0.1) is 0 Å². The van der Waals surface area contributed by atoms with Crippen molar-refractivity contribution in [3.8, 4) is 0 Å². The molecule has 0 aromatic heterocycles. The fraction of sp³-hybridized carbons (Fsp3) is 0.571. The number of hydrogen-bond acceptors (Lipinski definition) is 2. The minimum absolute atomic E-state index is 0.0890.